The number of para-hydroxylation sites is 1. The fraction of sp³-hybridized carbons (Fsp3) is 0.400. The van der Waals surface area contributed by atoms with Crippen molar-refractivity contribution in [3.05, 3.63) is 70.2 Å². The number of aromatic nitrogens is 4. The summed E-state index contributed by atoms with van der Waals surface area (Å²) in [5, 5.41) is 3.20. The molecule has 1 amide bonds. The first-order valence-electron chi connectivity index (χ1n) is 11.3. The van der Waals surface area contributed by atoms with E-state index in [-0.39, 0.29) is 17.1 Å². The molecule has 0 saturated heterocycles. The molecule has 1 atom stereocenters. The third-order valence-corrected chi connectivity index (χ3v) is 6.38. The summed E-state index contributed by atoms with van der Waals surface area (Å²) in [7, 11) is 0. The highest BCUT2D eigenvalue weighted by Crippen LogP contribution is 2.38. The van der Waals surface area contributed by atoms with Gasteiger partial charge in [0.15, 0.2) is 0 Å². The molecular weight excluding hydrogens is 418 g/mol. The molecule has 2 aliphatic heterocycles. The molecule has 8 nitrogen and oxygen atoms in total. The molecule has 33 heavy (non-hydrogen) atoms. The predicted octanol–water partition coefficient (Wildman–Crippen LogP) is 3.24. The average Bonchev–Trinajstić information content (AvgIpc) is 3.01. The minimum atomic E-state index is -0.827. The maximum atomic E-state index is 13.5. The molecule has 3 aromatic rings. The van der Waals surface area contributed by atoms with Crippen molar-refractivity contribution in [2.24, 2.45) is 0 Å². The van der Waals surface area contributed by atoms with Crippen LogP contribution in [0.15, 0.2) is 47.7 Å². The molecule has 1 unspecified atom stereocenters. The highest BCUT2D eigenvalue weighted by atomic mass is 16.5. The third-order valence-electron chi connectivity index (χ3n) is 6.38. The Bertz CT molecular complexity index is 1280. The van der Waals surface area contributed by atoms with E-state index in [1.54, 1.807) is 22.9 Å². The molecule has 0 aliphatic carbocycles. The van der Waals surface area contributed by atoms with E-state index in [0.717, 1.165) is 24.8 Å². The standard InChI is InChI=1S/C25H27N5O3/c1-24(2)14-16-7-6-8-17(21(16)33-24)22(32)29-25(3)10-4-5-12-30-20(31)13-19(28-23(25)30)18-9-11-26-15-27-18/h6-9,11,13,15H,4-5,10,12,14H2,1-3H3,(H,29,32). The fourth-order valence-corrected chi connectivity index (χ4v) is 4.81. The number of amides is 1. The van der Waals surface area contributed by atoms with Crippen molar-refractivity contribution in [3.8, 4) is 17.1 Å². The summed E-state index contributed by atoms with van der Waals surface area (Å²) in [6.45, 7) is 6.53. The van der Waals surface area contributed by atoms with Crippen LogP contribution in [0.4, 0.5) is 0 Å². The van der Waals surface area contributed by atoms with E-state index in [1.165, 1.54) is 12.4 Å². The van der Waals surface area contributed by atoms with Gasteiger partial charge in [-0.15, -0.1) is 0 Å². The summed E-state index contributed by atoms with van der Waals surface area (Å²) in [4.78, 5) is 39.6. The monoisotopic (exact) mass is 445 g/mol. The Morgan fingerprint density at radius 2 is 2.00 bits per heavy atom. The van der Waals surface area contributed by atoms with Crippen molar-refractivity contribution < 1.29 is 9.53 Å². The zero-order valence-corrected chi connectivity index (χ0v) is 19.1. The van der Waals surface area contributed by atoms with Crippen molar-refractivity contribution >= 4 is 5.91 Å². The fourth-order valence-electron chi connectivity index (χ4n) is 4.81. The number of fused-ring (bicyclic) bond motifs is 2. The van der Waals surface area contributed by atoms with Gasteiger partial charge in [0.05, 0.1) is 22.5 Å². The Hall–Kier alpha value is -3.55. The van der Waals surface area contributed by atoms with E-state index in [2.05, 4.69) is 15.3 Å². The van der Waals surface area contributed by atoms with E-state index in [4.69, 9.17) is 9.72 Å². The largest absolute Gasteiger partial charge is 0.486 e. The molecule has 0 spiro atoms. The van der Waals surface area contributed by atoms with Gasteiger partial charge < -0.3 is 10.1 Å². The molecule has 0 fully saturated rings. The zero-order valence-electron chi connectivity index (χ0n) is 19.1. The molecule has 0 saturated carbocycles. The highest BCUT2D eigenvalue weighted by molar-refractivity contribution is 5.98. The second kappa shape index (κ2) is 7.79. The normalized spacial score (nSPS) is 20.8. The first kappa shape index (κ1) is 21.3. The van der Waals surface area contributed by atoms with Crippen molar-refractivity contribution in [2.75, 3.05) is 0 Å². The van der Waals surface area contributed by atoms with Crippen LogP contribution >= 0.6 is 0 Å². The second-order valence-electron chi connectivity index (χ2n) is 9.63. The molecule has 0 bridgehead atoms. The van der Waals surface area contributed by atoms with Crippen LogP contribution in [0, 0.1) is 0 Å². The summed E-state index contributed by atoms with van der Waals surface area (Å²) in [5.41, 5.74) is 1.25. The quantitative estimate of drug-likeness (QED) is 0.665. The van der Waals surface area contributed by atoms with Gasteiger partial charge >= 0.3 is 0 Å². The number of carbonyl (C=O) groups is 1. The maximum absolute atomic E-state index is 13.5. The number of hydrogen-bond acceptors (Lipinski definition) is 6. The van der Waals surface area contributed by atoms with E-state index in [1.807, 2.05) is 32.9 Å². The molecule has 1 N–H and O–H groups in total. The minimum absolute atomic E-state index is 0.151. The first-order valence-corrected chi connectivity index (χ1v) is 11.3. The summed E-state index contributed by atoms with van der Waals surface area (Å²) >= 11 is 0. The molecule has 2 aliphatic rings. The Labute approximate surface area is 192 Å². The van der Waals surface area contributed by atoms with Gasteiger partial charge in [0, 0.05) is 25.2 Å². The van der Waals surface area contributed by atoms with Crippen molar-refractivity contribution in [3.63, 3.8) is 0 Å². The van der Waals surface area contributed by atoms with Crippen LogP contribution in [-0.4, -0.2) is 31.0 Å². The molecule has 4 heterocycles. The Morgan fingerprint density at radius 1 is 1.15 bits per heavy atom. The van der Waals surface area contributed by atoms with Crippen LogP contribution in [-0.2, 0) is 18.5 Å². The van der Waals surface area contributed by atoms with Crippen molar-refractivity contribution in [2.45, 2.75) is 64.1 Å². The van der Waals surface area contributed by atoms with Crippen molar-refractivity contribution in [1.82, 2.24) is 24.8 Å². The maximum Gasteiger partial charge on any atom is 0.255 e. The minimum Gasteiger partial charge on any atom is -0.486 e. The number of nitrogens with zero attached hydrogens (tertiary/aromatic N) is 4. The lowest BCUT2D eigenvalue weighted by molar-refractivity contribution is 0.0881. The van der Waals surface area contributed by atoms with Crippen LogP contribution in [0.2, 0.25) is 0 Å². The Morgan fingerprint density at radius 3 is 2.79 bits per heavy atom. The summed E-state index contributed by atoms with van der Waals surface area (Å²) in [6.07, 6.45) is 6.16. The van der Waals surface area contributed by atoms with E-state index < -0.39 is 5.54 Å². The van der Waals surface area contributed by atoms with Crippen LogP contribution in [0.1, 0.15) is 61.8 Å². The van der Waals surface area contributed by atoms with Gasteiger partial charge in [-0.05, 0) is 57.7 Å². The van der Waals surface area contributed by atoms with E-state index in [0.29, 0.717) is 41.5 Å². The van der Waals surface area contributed by atoms with Crippen molar-refractivity contribution in [1.29, 1.82) is 0 Å². The predicted molar refractivity (Wildman–Crippen MR) is 123 cm³/mol. The molecular formula is C25H27N5O3. The van der Waals surface area contributed by atoms with Crippen LogP contribution in [0.25, 0.3) is 11.4 Å². The molecule has 5 rings (SSSR count). The number of hydrogen-bond donors (Lipinski definition) is 1. The lowest BCUT2D eigenvalue weighted by Gasteiger charge is -2.31. The number of nitrogens with one attached hydrogen (secondary N) is 1. The lowest BCUT2D eigenvalue weighted by Crippen LogP contribution is -2.47. The van der Waals surface area contributed by atoms with E-state index >= 15 is 0 Å². The molecule has 8 heteroatoms. The van der Waals surface area contributed by atoms with Crippen LogP contribution in [0.5, 0.6) is 5.75 Å². The zero-order chi connectivity index (χ0) is 23.2. The van der Waals surface area contributed by atoms with Crippen LogP contribution in [0.3, 0.4) is 0 Å². The molecule has 2 aromatic heterocycles. The van der Waals surface area contributed by atoms with Gasteiger partial charge in [0.1, 0.15) is 23.5 Å². The second-order valence-corrected chi connectivity index (χ2v) is 9.63. The Balaban J connectivity index is 1.55. The summed E-state index contributed by atoms with van der Waals surface area (Å²) in [6, 6.07) is 8.89. The Kier molecular flexibility index (Phi) is 5.03. The summed E-state index contributed by atoms with van der Waals surface area (Å²) in [5.74, 6) is 0.947. The lowest BCUT2D eigenvalue weighted by atomic mass is 9.93. The molecule has 1 aromatic carbocycles. The molecule has 170 valence electrons. The average molecular weight is 446 g/mol. The highest BCUT2D eigenvalue weighted by Gasteiger charge is 2.38. The number of rotatable bonds is 3. The first-order chi connectivity index (χ1) is 15.8. The third kappa shape index (κ3) is 3.90. The topological polar surface area (TPSA) is 99.0 Å². The van der Waals surface area contributed by atoms with Crippen LogP contribution < -0.4 is 15.6 Å². The smallest absolute Gasteiger partial charge is 0.255 e. The van der Waals surface area contributed by atoms with Gasteiger partial charge in [-0.3, -0.25) is 14.2 Å². The van der Waals surface area contributed by atoms with Gasteiger partial charge in [-0.1, -0.05) is 12.1 Å². The molecule has 0 radical (unpaired) electrons. The van der Waals surface area contributed by atoms with Gasteiger partial charge in [0.25, 0.3) is 11.5 Å². The number of ether oxygens (including phenoxy) is 1. The van der Waals surface area contributed by atoms with Gasteiger partial charge in [-0.2, -0.15) is 0 Å². The number of benzene rings is 1. The number of carbonyl (C=O) groups excluding carboxylic acids is 1. The van der Waals surface area contributed by atoms with Gasteiger partial charge in [-0.25, -0.2) is 15.0 Å². The SMILES string of the molecule is CC1(C)Cc2cccc(C(=O)NC3(C)CCCCn4c3nc(-c3ccncn3)cc4=O)c2O1. The van der Waals surface area contributed by atoms with E-state index in [9.17, 15) is 9.59 Å². The van der Waals surface area contributed by atoms with Gasteiger partial charge in [0.2, 0.25) is 0 Å². The summed E-state index contributed by atoms with van der Waals surface area (Å²) < 4.78 is 7.79.